The summed E-state index contributed by atoms with van der Waals surface area (Å²) in [7, 11) is 0. The molecule has 0 amide bonds. The average molecular weight is 278 g/mol. The molecule has 7 nitrogen and oxygen atoms in total. The number of hydrogen-bond acceptors (Lipinski definition) is 6. The van der Waals surface area contributed by atoms with Gasteiger partial charge in [-0.2, -0.15) is 0 Å². The molecule has 0 fully saturated rings. The Balaban J connectivity index is 2.12. The molecule has 2 rings (SSSR count). The SMILES string of the molecule is NNc1ccc(COc2ccc(F)cc2[N+](=O)[O-])cn1. The van der Waals surface area contributed by atoms with Crippen LogP contribution in [0.4, 0.5) is 15.9 Å². The van der Waals surface area contributed by atoms with Crippen LogP contribution in [0.3, 0.4) is 0 Å². The number of nitrogen functional groups attached to an aromatic ring is 1. The summed E-state index contributed by atoms with van der Waals surface area (Å²) in [5, 5.41) is 10.8. The van der Waals surface area contributed by atoms with E-state index in [-0.39, 0.29) is 12.4 Å². The molecular weight excluding hydrogens is 267 g/mol. The third-order valence-corrected chi connectivity index (χ3v) is 2.48. The maximum Gasteiger partial charge on any atom is 0.313 e. The molecule has 0 spiro atoms. The molecule has 8 heteroatoms. The highest BCUT2D eigenvalue weighted by molar-refractivity contribution is 5.46. The average Bonchev–Trinajstić information content (AvgIpc) is 2.46. The molecule has 0 saturated carbocycles. The second-order valence-corrected chi connectivity index (χ2v) is 3.85. The number of halogens is 1. The van der Waals surface area contributed by atoms with Crippen LogP contribution in [0.2, 0.25) is 0 Å². The van der Waals surface area contributed by atoms with Gasteiger partial charge in [0, 0.05) is 11.8 Å². The standard InChI is InChI=1S/C12H11FN4O3/c13-9-2-3-11(10(5-9)17(18)19)20-7-8-1-4-12(16-14)15-6-8/h1-6H,7,14H2,(H,15,16). The van der Waals surface area contributed by atoms with Crippen LogP contribution in [0.15, 0.2) is 36.5 Å². The fourth-order valence-corrected chi connectivity index (χ4v) is 1.51. The fourth-order valence-electron chi connectivity index (χ4n) is 1.51. The zero-order valence-electron chi connectivity index (χ0n) is 10.2. The second-order valence-electron chi connectivity index (χ2n) is 3.85. The van der Waals surface area contributed by atoms with Crippen molar-refractivity contribution in [3.63, 3.8) is 0 Å². The summed E-state index contributed by atoms with van der Waals surface area (Å²) >= 11 is 0. The van der Waals surface area contributed by atoms with Gasteiger partial charge in [0.25, 0.3) is 0 Å². The molecule has 0 unspecified atom stereocenters. The van der Waals surface area contributed by atoms with Crippen molar-refractivity contribution in [3.05, 3.63) is 58.0 Å². The lowest BCUT2D eigenvalue weighted by Crippen LogP contribution is -2.08. The third kappa shape index (κ3) is 3.18. The van der Waals surface area contributed by atoms with Crippen molar-refractivity contribution in [2.24, 2.45) is 5.84 Å². The lowest BCUT2D eigenvalue weighted by Gasteiger charge is -2.07. The van der Waals surface area contributed by atoms with Crippen molar-refractivity contribution in [1.29, 1.82) is 0 Å². The molecule has 0 aliphatic heterocycles. The van der Waals surface area contributed by atoms with E-state index in [1.165, 1.54) is 12.3 Å². The molecule has 0 atom stereocenters. The number of nitrogens with zero attached hydrogens (tertiary/aromatic N) is 2. The van der Waals surface area contributed by atoms with Crippen molar-refractivity contribution < 1.29 is 14.1 Å². The van der Waals surface area contributed by atoms with Crippen molar-refractivity contribution in [3.8, 4) is 5.75 Å². The summed E-state index contributed by atoms with van der Waals surface area (Å²) in [4.78, 5) is 14.1. The van der Waals surface area contributed by atoms with E-state index in [9.17, 15) is 14.5 Å². The zero-order chi connectivity index (χ0) is 14.5. The normalized spacial score (nSPS) is 10.1. The summed E-state index contributed by atoms with van der Waals surface area (Å²) in [5.41, 5.74) is 2.65. The first-order valence-electron chi connectivity index (χ1n) is 5.58. The number of aromatic nitrogens is 1. The number of pyridine rings is 1. The Kier molecular flexibility index (Phi) is 4.06. The smallest absolute Gasteiger partial charge is 0.313 e. The summed E-state index contributed by atoms with van der Waals surface area (Å²) in [5.74, 6) is 4.97. The molecule has 104 valence electrons. The number of hydrogen-bond donors (Lipinski definition) is 2. The largest absolute Gasteiger partial charge is 0.482 e. The molecule has 1 heterocycles. The van der Waals surface area contributed by atoms with Gasteiger partial charge in [0.05, 0.1) is 11.0 Å². The lowest BCUT2D eigenvalue weighted by molar-refractivity contribution is -0.386. The van der Waals surface area contributed by atoms with Crippen LogP contribution in [0.5, 0.6) is 5.75 Å². The molecular formula is C12H11FN4O3. The molecule has 0 aliphatic carbocycles. The number of hydrazine groups is 1. The molecule has 2 aromatic rings. The zero-order valence-corrected chi connectivity index (χ0v) is 10.2. The molecule has 1 aromatic carbocycles. The Morgan fingerprint density at radius 3 is 2.80 bits per heavy atom. The van der Waals surface area contributed by atoms with E-state index in [2.05, 4.69) is 10.4 Å². The Morgan fingerprint density at radius 1 is 1.40 bits per heavy atom. The van der Waals surface area contributed by atoms with E-state index in [0.717, 1.165) is 12.1 Å². The van der Waals surface area contributed by atoms with Gasteiger partial charge in [-0.05, 0) is 18.2 Å². The van der Waals surface area contributed by atoms with Gasteiger partial charge in [0.1, 0.15) is 18.2 Å². The number of benzene rings is 1. The number of nitrogens with one attached hydrogen (secondary N) is 1. The number of nitrogens with two attached hydrogens (primary N) is 1. The summed E-state index contributed by atoms with van der Waals surface area (Å²) in [6, 6.07) is 6.48. The first-order valence-corrected chi connectivity index (χ1v) is 5.58. The van der Waals surface area contributed by atoms with E-state index >= 15 is 0 Å². The van der Waals surface area contributed by atoms with Crippen LogP contribution in [0, 0.1) is 15.9 Å². The summed E-state index contributed by atoms with van der Waals surface area (Å²) in [6.45, 7) is 0.0737. The monoisotopic (exact) mass is 278 g/mol. The second kappa shape index (κ2) is 5.93. The molecule has 0 bridgehead atoms. The minimum atomic E-state index is -0.696. The number of anilines is 1. The molecule has 20 heavy (non-hydrogen) atoms. The molecule has 0 aliphatic rings. The maximum atomic E-state index is 13.0. The highest BCUT2D eigenvalue weighted by Gasteiger charge is 2.16. The van der Waals surface area contributed by atoms with Crippen LogP contribution in [-0.2, 0) is 6.61 Å². The summed E-state index contributed by atoms with van der Waals surface area (Å²) in [6.07, 6.45) is 1.52. The van der Waals surface area contributed by atoms with Gasteiger partial charge in [0.15, 0.2) is 5.75 Å². The van der Waals surface area contributed by atoms with Gasteiger partial charge in [-0.25, -0.2) is 15.2 Å². The molecule has 3 N–H and O–H groups in total. The molecule has 1 aromatic heterocycles. The molecule has 0 saturated heterocycles. The number of nitro groups is 1. The lowest BCUT2D eigenvalue weighted by atomic mass is 10.2. The quantitative estimate of drug-likeness (QED) is 0.492. The third-order valence-electron chi connectivity index (χ3n) is 2.48. The van der Waals surface area contributed by atoms with Crippen LogP contribution in [0.1, 0.15) is 5.56 Å². The maximum absolute atomic E-state index is 13.0. The van der Waals surface area contributed by atoms with Gasteiger partial charge in [-0.3, -0.25) is 10.1 Å². The fraction of sp³-hybridized carbons (Fsp3) is 0.0833. The first kappa shape index (κ1) is 13.7. The van der Waals surface area contributed by atoms with Gasteiger partial charge in [-0.1, -0.05) is 6.07 Å². The van der Waals surface area contributed by atoms with E-state index in [1.54, 1.807) is 12.1 Å². The Labute approximate surface area is 113 Å². The Bertz CT molecular complexity index is 619. The molecule has 0 radical (unpaired) electrons. The van der Waals surface area contributed by atoms with Gasteiger partial charge in [0.2, 0.25) is 0 Å². The highest BCUT2D eigenvalue weighted by Crippen LogP contribution is 2.28. The van der Waals surface area contributed by atoms with Gasteiger partial charge >= 0.3 is 5.69 Å². The predicted molar refractivity (Wildman–Crippen MR) is 69.4 cm³/mol. The van der Waals surface area contributed by atoms with Crippen LogP contribution in [-0.4, -0.2) is 9.91 Å². The summed E-state index contributed by atoms with van der Waals surface area (Å²) < 4.78 is 18.3. The van der Waals surface area contributed by atoms with Crippen molar-refractivity contribution in [2.45, 2.75) is 6.61 Å². The van der Waals surface area contributed by atoms with E-state index in [4.69, 9.17) is 10.6 Å². The van der Waals surface area contributed by atoms with Crippen LogP contribution >= 0.6 is 0 Å². The van der Waals surface area contributed by atoms with Crippen molar-refractivity contribution in [2.75, 3.05) is 5.43 Å². The van der Waals surface area contributed by atoms with Crippen molar-refractivity contribution in [1.82, 2.24) is 4.98 Å². The van der Waals surface area contributed by atoms with E-state index in [1.807, 2.05) is 0 Å². The van der Waals surface area contributed by atoms with Crippen molar-refractivity contribution >= 4 is 11.5 Å². The van der Waals surface area contributed by atoms with E-state index < -0.39 is 16.4 Å². The highest BCUT2D eigenvalue weighted by atomic mass is 19.1. The van der Waals surface area contributed by atoms with Gasteiger partial charge < -0.3 is 10.2 Å². The topological polar surface area (TPSA) is 103 Å². The Morgan fingerprint density at radius 2 is 2.20 bits per heavy atom. The number of rotatable bonds is 5. The van der Waals surface area contributed by atoms with E-state index in [0.29, 0.717) is 11.4 Å². The minimum Gasteiger partial charge on any atom is -0.482 e. The first-order chi connectivity index (χ1) is 9.60. The van der Waals surface area contributed by atoms with Gasteiger partial charge in [-0.15, -0.1) is 0 Å². The number of nitro benzene ring substituents is 1. The number of ether oxygens (including phenoxy) is 1. The minimum absolute atomic E-state index is 0.00238. The Hall–Kier alpha value is -2.74. The van der Waals surface area contributed by atoms with Crippen LogP contribution in [0.25, 0.3) is 0 Å². The predicted octanol–water partition coefficient (Wildman–Crippen LogP) is 1.99. The van der Waals surface area contributed by atoms with Crippen LogP contribution < -0.4 is 16.0 Å².